The molecule has 0 fully saturated rings. The number of hydrogen-bond acceptors (Lipinski definition) is 3. The summed E-state index contributed by atoms with van der Waals surface area (Å²) in [5.41, 5.74) is 0.337. The summed E-state index contributed by atoms with van der Waals surface area (Å²) in [5.74, 6) is 0.621. The maximum Gasteiger partial charge on any atom is 0.389 e. The number of halogens is 3. The lowest BCUT2D eigenvalue weighted by molar-refractivity contribution is -0.135. The van der Waals surface area contributed by atoms with Crippen LogP contribution in [0.25, 0.3) is 0 Å². The highest BCUT2D eigenvalue weighted by Crippen LogP contribution is 2.29. The van der Waals surface area contributed by atoms with Gasteiger partial charge in [0.25, 0.3) is 0 Å². The Labute approximate surface area is 122 Å². The summed E-state index contributed by atoms with van der Waals surface area (Å²) >= 11 is 0. The molecule has 3 nitrogen and oxygen atoms in total. The van der Waals surface area contributed by atoms with Crippen molar-refractivity contribution in [3.05, 3.63) is 23.8 Å². The minimum atomic E-state index is -4.23. The minimum Gasteiger partial charge on any atom is -0.490 e. The summed E-state index contributed by atoms with van der Waals surface area (Å²) in [7, 11) is 0. The number of alkyl halides is 3. The molecule has 0 heterocycles. The fourth-order valence-corrected chi connectivity index (χ4v) is 1.82. The van der Waals surface area contributed by atoms with Crippen LogP contribution in [0.15, 0.2) is 18.2 Å². The smallest absolute Gasteiger partial charge is 0.389 e. The van der Waals surface area contributed by atoms with Crippen molar-refractivity contribution in [2.24, 2.45) is 0 Å². The maximum absolute atomic E-state index is 12.1. The van der Waals surface area contributed by atoms with E-state index < -0.39 is 12.6 Å². The number of hydrogen-bond donors (Lipinski definition) is 0. The molecule has 0 unspecified atom stereocenters. The molecule has 0 aromatic heterocycles. The molecule has 1 rings (SSSR count). The van der Waals surface area contributed by atoms with Gasteiger partial charge in [0.2, 0.25) is 0 Å². The number of carbonyl (C=O) groups is 1. The van der Waals surface area contributed by atoms with Crippen LogP contribution in [0, 0.1) is 0 Å². The number of rotatable bonds is 8. The quantitative estimate of drug-likeness (QED) is 0.668. The molecule has 0 bridgehead atoms. The molecule has 0 aliphatic heterocycles. The highest BCUT2D eigenvalue weighted by molar-refractivity contribution is 5.96. The van der Waals surface area contributed by atoms with Crippen LogP contribution in [-0.2, 0) is 0 Å². The maximum atomic E-state index is 12.1. The second kappa shape index (κ2) is 7.90. The first-order chi connectivity index (χ1) is 9.87. The lowest BCUT2D eigenvalue weighted by Crippen LogP contribution is -2.09. The third-order valence-electron chi connectivity index (χ3n) is 2.73. The van der Waals surface area contributed by atoms with Crippen LogP contribution in [0.1, 0.15) is 43.5 Å². The number of carbonyl (C=O) groups excluding carboxylic acids is 1. The van der Waals surface area contributed by atoms with Crippen LogP contribution in [-0.4, -0.2) is 25.2 Å². The molecule has 6 heteroatoms. The number of benzene rings is 1. The Hall–Kier alpha value is -1.72. The lowest BCUT2D eigenvalue weighted by atomic mass is 10.0. The van der Waals surface area contributed by atoms with Crippen LogP contribution >= 0.6 is 0 Å². The van der Waals surface area contributed by atoms with E-state index in [9.17, 15) is 18.0 Å². The predicted molar refractivity (Wildman–Crippen MR) is 73.0 cm³/mol. The average Bonchev–Trinajstić information content (AvgIpc) is 2.39. The van der Waals surface area contributed by atoms with Gasteiger partial charge in [-0.3, -0.25) is 4.79 Å². The minimum absolute atomic E-state index is 0.140. The summed E-state index contributed by atoms with van der Waals surface area (Å²) in [4.78, 5) is 11.9. The van der Waals surface area contributed by atoms with Crippen LogP contribution < -0.4 is 9.47 Å². The SMILES string of the molecule is CCOc1ccc(C(=O)CCCC(F)(F)F)cc1OCC. The van der Waals surface area contributed by atoms with Gasteiger partial charge in [-0.1, -0.05) is 0 Å². The summed E-state index contributed by atoms with van der Waals surface area (Å²) in [6.07, 6.45) is -5.53. The molecule has 0 aliphatic rings. The van der Waals surface area contributed by atoms with Gasteiger partial charge in [-0.15, -0.1) is 0 Å². The molecule has 0 amide bonds. The van der Waals surface area contributed by atoms with Crippen LogP contribution in [0.5, 0.6) is 11.5 Å². The van der Waals surface area contributed by atoms with Gasteiger partial charge in [-0.05, 0) is 38.5 Å². The average molecular weight is 304 g/mol. The third-order valence-corrected chi connectivity index (χ3v) is 2.73. The van der Waals surface area contributed by atoms with Crippen molar-refractivity contribution in [3.63, 3.8) is 0 Å². The number of Topliss-reactive ketones (excluding diaryl/α,β-unsaturated/α-hetero) is 1. The van der Waals surface area contributed by atoms with Crippen LogP contribution in [0.3, 0.4) is 0 Å². The first-order valence-electron chi connectivity index (χ1n) is 6.87. The van der Waals surface area contributed by atoms with Gasteiger partial charge in [0.05, 0.1) is 13.2 Å². The summed E-state index contributed by atoms with van der Waals surface area (Å²) in [6.45, 7) is 4.49. The van der Waals surface area contributed by atoms with E-state index >= 15 is 0 Å². The largest absolute Gasteiger partial charge is 0.490 e. The molecule has 118 valence electrons. The monoisotopic (exact) mass is 304 g/mol. The second-order valence-electron chi connectivity index (χ2n) is 4.42. The summed E-state index contributed by atoms with van der Waals surface area (Å²) in [6, 6.07) is 4.67. The second-order valence-corrected chi connectivity index (χ2v) is 4.42. The Morgan fingerprint density at radius 1 is 1.10 bits per heavy atom. The molecular formula is C15H19F3O3. The van der Waals surface area contributed by atoms with Crippen molar-refractivity contribution in [2.75, 3.05) is 13.2 Å². The highest BCUT2D eigenvalue weighted by Gasteiger charge is 2.26. The molecule has 21 heavy (non-hydrogen) atoms. The zero-order valence-corrected chi connectivity index (χ0v) is 12.1. The molecule has 0 saturated heterocycles. The Morgan fingerprint density at radius 2 is 1.71 bits per heavy atom. The molecule has 0 aliphatic carbocycles. The van der Waals surface area contributed by atoms with E-state index in [0.29, 0.717) is 30.3 Å². The lowest BCUT2D eigenvalue weighted by Gasteiger charge is -2.12. The Morgan fingerprint density at radius 3 is 2.29 bits per heavy atom. The Bertz CT molecular complexity index is 470. The molecule has 1 aromatic rings. The van der Waals surface area contributed by atoms with E-state index in [2.05, 4.69) is 0 Å². The van der Waals surface area contributed by atoms with Crippen molar-refractivity contribution in [3.8, 4) is 11.5 Å². The highest BCUT2D eigenvalue weighted by atomic mass is 19.4. The van der Waals surface area contributed by atoms with Gasteiger partial charge < -0.3 is 9.47 Å². The molecule has 0 radical (unpaired) electrons. The summed E-state index contributed by atoms with van der Waals surface area (Å²) in [5, 5.41) is 0. The zero-order valence-electron chi connectivity index (χ0n) is 12.1. The zero-order chi connectivity index (χ0) is 15.9. The van der Waals surface area contributed by atoms with Crippen molar-refractivity contribution in [2.45, 2.75) is 39.3 Å². The van der Waals surface area contributed by atoms with E-state index in [1.54, 1.807) is 19.1 Å². The van der Waals surface area contributed by atoms with E-state index in [4.69, 9.17) is 9.47 Å². The van der Waals surface area contributed by atoms with Crippen molar-refractivity contribution >= 4 is 5.78 Å². The molecule has 0 saturated carbocycles. The van der Waals surface area contributed by atoms with E-state index in [0.717, 1.165) is 0 Å². The van der Waals surface area contributed by atoms with E-state index in [1.165, 1.54) is 6.07 Å². The normalized spacial score (nSPS) is 11.3. The third kappa shape index (κ3) is 6.06. The molecule has 0 N–H and O–H groups in total. The Balaban J connectivity index is 2.73. The van der Waals surface area contributed by atoms with E-state index in [-0.39, 0.29) is 18.6 Å². The van der Waals surface area contributed by atoms with Gasteiger partial charge in [0.15, 0.2) is 17.3 Å². The molecular weight excluding hydrogens is 285 g/mol. The standard InChI is InChI=1S/C15H19F3O3/c1-3-20-13-8-7-11(10-14(13)21-4-2)12(19)6-5-9-15(16,17)18/h7-8,10H,3-6,9H2,1-2H3. The Kier molecular flexibility index (Phi) is 6.52. The van der Waals surface area contributed by atoms with Gasteiger partial charge in [-0.2, -0.15) is 13.2 Å². The first kappa shape index (κ1) is 17.3. The van der Waals surface area contributed by atoms with Gasteiger partial charge in [-0.25, -0.2) is 0 Å². The molecule has 1 aromatic carbocycles. The number of ether oxygens (including phenoxy) is 2. The van der Waals surface area contributed by atoms with Crippen molar-refractivity contribution in [1.82, 2.24) is 0 Å². The van der Waals surface area contributed by atoms with Gasteiger partial charge in [0.1, 0.15) is 0 Å². The van der Waals surface area contributed by atoms with Crippen molar-refractivity contribution in [1.29, 1.82) is 0 Å². The molecule has 0 spiro atoms. The fraction of sp³-hybridized carbons (Fsp3) is 0.533. The van der Waals surface area contributed by atoms with Crippen LogP contribution in [0.4, 0.5) is 13.2 Å². The van der Waals surface area contributed by atoms with Gasteiger partial charge >= 0.3 is 6.18 Å². The topological polar surface area (TPSA) is 35.5 Å². The first-order valence-corrected chi connectivity index (χ1v) is 6.87. The summed E-state index contributed by atoms with van der Waals surface area (Å²) < 4.78 is 46.9. The predicted octanol–water partition coefficient (Wildman–Crippen LogP) is 4.40. The van der Waals surface area contributed by atoms with Gasteiger partial charge in [0, 0.05) is 18.4 Å². The van der Waals surface area contributed by atoms with E-state index in [1.807, 2.05) is 6.92 Å². The fourth-order valence-electron chi connectivity index (χ4n) is 1.82. The molecule has 0 atom stereocenters. The number of ketones is 1. The van der Waals surface area contributed by atoms with Crippen LogP contribution in [0.2, 0.25) is 0 Å². The van der Waals surface area contributed by atoms with Crippen molar-refractivity contribution < 1.29 is 27.4 Å².